The van der Waals surface area contributed by atoms with E-state index in [-0.39, 0.29) is 5.69 Å². The first-order valence-corrected chi connectivity index (χ1v) is 3.83. The Morgan fingerprint density at radius 3 is 2.57 bits per heavy atom. The SMILES string of the molecule is CC(F)(F)c1cc(NC=O)ccc1F. The molecule has 0 saturated carbocycles. The van der Waals surface area contributed by atoms with Gasteiger partial charge in [0.2, 0.25) is 6.41 Å². The number of benzene rings is 1. The third kappa shape index (κ3) is 2.25. The lowest BCUT2D eigenvalue weighted by atomic mass is 10.1. The minimum absolute atomic E-state index is 0.137. The zero-order valence-corrected chi connectivity index (χ0v) is 7.35. The average Bonchev–Trinajstić information content (AvgIpc) is 2.07. The van der Waals surface area contributed by atoms with Crippen LogP contribution in [0.4, 0.5) is 18.9 Å². The minimum Gasteiger partial charge on any atom is -0.329 e. The van der Waals surface area contributed by atoms with Crippen LogP contribution in [0.5, 0.6) is 0 Å². The van der Waals surface area contributed by atoms with Crippen molar-refractivity contribution in [1.29, 1.82) is 0 Å². The van der Waals surface area contributed by atoms with Gasteiger partial charge in [-0.25, -0.2) is 13.2 Å². The molecule has 14 heavy (non-hydrogen) atoms. The largest absolute Gasteiger partial charge is 0.329 e. The lowest BCUT2D eigenvalue weighted by Gasteiger charge is -2.12. The standard InChI is InChI=1S/C9H8F3NO/c1-9(11,12)7-4-6(13-5-14)2-3-8(7)10/h2-5H,1H3,(H,13,14). The van der Waals surface area contributed by atoms with E-state index in [1.165, 1.54) is 6.07 Å². The first kappa shape index (κ1) is 10.6. The van der Waals surface area contributed by atoms with Crippen molar-refractivity contribution < 1.29 is 18.0 Å². The second-order valence-corrected chi connectivity index (χ2v) is 2.85. The molecule has 0 aliphatic rings. The van der Waals surface area contributed by atoms with E-state index in [0.29, 0.717) is 13.3 Å². The molecule has 0 aliphatic carbocycles. The lowest BCUT2D eigenvalue weighted by Crippen LogP contribution is -2.10. The Kier molecular flexibility index (Phi) is 2.78. The van der Waals surface area contributed by atoms with Crippen LogP contribution in [-0.4, -0.2) is 6.41 Å². The van der Waals surface area contributed by atoms with E-state index in [4.69, 9.17) is 0 Å². The average molecular weight is 203 g/mol. The van der Waals surface area contributed by atoms with Crippen molar-refractivity contribution in [2.75, 3.05) is 5.32 Å². The van der Waals surface area contributed by atoms with Crippen LogP contribution in [0.2, 0.25) is 0 Å². The molecular weight excluding hydrogens is 195 g/mol. The Morgan fingerprint density at radius 2 is 2.07 bits per heavy atom. The van der Waals surface area contributed by atoms with Crippen LogP contribution in [0.3, 0.4) is 0 Å². The Balaban J connectivity index is 3.15. The van der Waals surface area contributed by atoms with Gasteiger partial charge in [0.1, 0.15) is 5.82 Å². The predicted molar refractivity (Wildman–Crippen MR) is 45.7 cm³/mol. The van der Waals surface area contributed by atoms with Crippen molar-refractivity contribution in [3.63, 3.8) is 0 Å². The van der Waals surface area contributed by atoms with Gasteiger partial charge in [0, 0.05) is 12.6 Å². The van der Waals surface area contributed by atoms with Gasteiger partial charge < -0.3 is 5.32 Å². The Morgan fingerprint density at radius 1 is 1.43 bits per heavy atom. The third-order valence-electron chi connectivity index (χ3n) is 1.66. The highest BCUT2D eigenvalue weighted by Gasteiger charge is 2.28. The number of carbonyl (C=O) groups excluding carboxylic acids is 1. The number of anilines is 1. The van der Waals surface area contributed by atoms with Gasteiger partial charge in [0.25, 0.3) is 5.92 Å². The summed E-state index contributed by atoms with van der Waals surface area (Å²) >= 11 is 0. The molecule has 0 spiro atoms. The second-order valence-electron chi connectivity index (χ2n) is 2.85. The molecule has 0 unspecified atom stereocenters. The Hall–Kier alpha value is -1.52. The van der Waals surface area contributed by atoms with Crippen LogP contribution in [0.1, 0.15) is 12.5 Å². The molecule has 0 aromatic heterocycles. The fourth-order valence-corrected chi connectivity index (χ4v) is 1.02. The summed E-state index contributed by atoms with van der Waals surface area (Å²) < 4.78 is 38.5. The van der Waals surface area contributed by atoms with E-state index in [1.54, 1.807) is 0 Å². The number of halogens is 3. The van der Waals surface area contributed by atoms with Crippen molar-refractivity contribution in [2.45, 2.75) is 12.8 Å². The van der Waals surface area contributed by atoms with Crippen LogP contribution in [0.15, 0.2) is 18.2 Å². The van der Waals surface area contributed by atoms with Crippen molar-refractivity contribution in [3.8, 4) is 0 Å². The van der Waals surface area contributed by atoms with Gasteiger partial charge in [-0.2, -0.15) is 0 Å². The van der Waals surface area contributed by atoms with E-state index < -0.39 is 17.3 Å². The van der Waals surface area contributed by atoms with Gasteiger partial charge >= 0.3 is 0 Å². The number of carbonyl (C=O) groups is 1. The summed E-state index contributed by atoms with van der Waals surface area (Å²) in [5, 5.41) is 2.17. The molecule has 0 saturated heterocycles. The highest BCUT2D eigenvalue weighted by molar-refractivity contribution is 5.71. The van der Waals surface area contributed by atoms with Crippen LogP contribution in [0, 0.1) is 5.82 Å². The summed E-state index contributed by atoms with van der Waals surface area (Å²) in [6.07, 6.45) is 0.338. The van der Waals surface area contributed by atoms with Gasteiger partial charge in [-0.3, -0.25) is 4.79 Å². The number of hydrogen-bond acceptors (Lipinski definition) is 1. The first-order chi connectivity index (χ1) is 6.45. The molecule has 1 rings (SSSR count). The van der Waals surface area contributed by atoms with Crippen molar-refractivity contribution in [3.05, 3.63) is 29.6 Å². The summed E-state index contributed by atoms with van der Waals surface area (Å²) in [4.78, 5) is 10.0. The fraction of sp³-hybridized carbons (Fsp3) is 0.222. The van der Waals surface area contributed by atoms with E-state index in [2.05, 4.69) is 5.32 Å². The Bertz CT molecular complexity index is 346. The number of amides is 1. The van der Waals surface area contributed by atoms with E-state index in [9.17, 15) is 18.0 Å². The first-order valence-electron chi connectivity index (χ1n) is 3.83. The quantitative estimate of drug-likeness (QED) is 0.751. The fourth-order valence-electron chi connectivity index (χ4n) is 1.02. The molecule has 1 aromatic rings. The molecule has 2 nitrogen and oxygen atoms in total. The van der Waals surface area contributed by atoms with Crippen molar-refractivity contribution >= 4 is 12.1 Å². The topological polar surface area (TPSA) is 29.1 Å². The zero-order chi connectivity index (χ0) is 10.8. The van der Waals surface area contributed by atoms with Crippen molar-refractivity contribution in [1.82, 2.24) is 0 Å². The number of nitrogens with one attached hydrogen (secondary N) is 1. The summed E-state index contributed by atoms with van der Waals surface area (Å²) in [7, 11) is 0. The molecule has 1 amide bonds. The van der Waals surface area contributed by atoms with Crippen LogP contribution in [-0.2, 0) is 10.7 Å². The summed E-state index contributed by atoms with van der Waals surface area (Å²) in [5.41, 5.74) is -0.595. The maximum absolute atomic E-state index is 12.9. The van der Waals surface area contributed by atoms with Crippen LogP contribution in [0.25, 0.3) is 0 Å². The van der Waals surface area contributed by atoms with Gasteiger partial charge in [-0.05, 0) is 18.2 Å². The van der Waals surface area contributed by atoms with Gasteiger partial charge in [-0.15, -0.1) is 0 Å². The molecule has 0 aliphatic heterocycles. The molecule has 5 heteroatoms. The monoisotopic (exact) mass is 203 g/mol. The Labute approximate surface area is 78.7 Å². The normalized spacial score (nSPS) is 11.1. The highest BCUT2D eigenvalue weighted by atomic mass is 19.3. The third-order valence-corrected chi connectivity index (χ3v) is 1.66. The van der Waals surface area contributed by atoms with Crippen LogP contribution < -0.4 is 5.32 Å². The minimum atomic E-state index is -3.26. The lowest BCUT2D eigenvalue weighted by molar-refractivity contribution is -0.105. The molecule has 1 N–H and O–H groups in total. The van der Waals surface area contributed by atoms with Crippen molar-refractivity contribution in [2.24, 2.45) is 0 Å². The van der Waals surface area contributed by atoms with E-state index in [0.717, 1.165) is 12.1 Å². The predicted octanol–water partition coefficient (Wildman–Crippen LogP) is 2.51. The number of rotatable bonds is 3. The molecule has 0 bridgehead atoms. The van der Waals surface area contributed by atoms with E-state index in [1.807, 2.05) is 0 Å². The molecule has 0 heterocycles. The summed E-state index contributed by atoms with van der Waals surface area (Å²) in [6.45, 7) is 0.593. The maximum atomic E-state index is 12.9. The van der Waals surface area contributed by atoms with E-state index >= 15 is 0 Å². The number of alkyl halides is 2. The second kappa shape index (κ2) is 3.69. The number of hydrogen-bond donors (Lipinski definition) is 1. The summed E-state index contributed by atoms with van der Waals surface area (Å²) in [5.74, 6) is -4.25. The van der Waals surface area contributed by atoms with Gasteiger partial charge in [-0.1, -0.05) is 0 Å². The molecule has 1 aromatic carbocycles. The molecular formula is C9H8F3NO. The highest BCUT2D eigenvalue weighted by Crippen LogP contribution is 2.30. The molecule has 0 fully saturated rings. The molecule has 0 radical (unpaired) electrons. The van der Waals surface area contributed by atoms with Crippen LogP contribution >= 0.6 is 0 Å². The smallest absolute Gasteiger partial charge is 0.273 e. The maximum Gasteiger partial charge on any atom is 0.273 e. The van der Waals surface area contributed by atoms with Gasteiger partial charge in [0.05, 0.1) is 5.56 Å². The molecule has 0 atom stereocenters. The zero-order valence-electron chi connectivity index (χ0n) is 7.35. The molecule has 76 valence electrons. The summed E-state index contributed by atoms with van der Waals surface area (Å²) in [6, 6.07) is 3.00. The van der Waals surface area contributed by atoms with Gasteiger partial charge in [0.15, 0.2) is 0 Å².